The largest absolute Gasteiger partial charge is 0.467 e. The van der Waals surface area contributed by atoms with E-state index in [1.54, 1.807) is 17.5 Å². The normalized spacial score (nSPS) is 24.7. The zero-order valence-electron chi connectivity index (χ0n) is 16.1. The van der Waals surface area contributed by atoms with Crippen LogP contribution in [0.1, 0.15) is 31.7 Å². The van der Waals surface area contributed by atoms with Gasteiger partial charge < -0.3 is 10.1 Å². The third-order valence-electron chi connectivity index (χ3n) is 5.20. The number of nitrogens with one attached hydrogen (secondary N) is 2. The summed E-state index contributed by atoms with van der Waals surface area (Å²) in [5.74, 6) is -0.168. The topological polar surface area (TPSA) is 67.4 Å². The number of benzene rings is 1. The molecule has 0 saturated carbocycles. The lowest BCUT2D eigenvalue weighted by molar-refractivity contribution is 0.212. The van der Waals surface area contributed by atoms with Crippen molar-refractivity contribution < 1.29 is 13.2 Å². The van der Waals surface area contributed by atoms with Crippen LogP contribution >= 0.6 is 23.6 Å². The number of hydrogen-bond acceptors (Lipinski definition) is 5. The molecule has 3 atom stereocenters. The average molecular weight is 447 g/mol. The Bertz CT molecular complexity index is 1070. The monoisotopic (exact) mass is 446 g/mol. The summed E-state index contributed by atoms with van der Waals surface area (Å²) in [4.78, 5) is 0. The van der Waals surface area contributed by atoms with Gasteiger partial charge in [0.25, 0.3) is 15.2 Å². The van der Waals surface area contributed by atoms with Gasteiger partial charge in [0.05, 0.1) is 0 Å². The van der Waals surface area contributed by atoms with Crippen LogP contribution in [-0.2, 0) is 14.8 Å². The summed E-state index contributed by atoms with van der Waals surface area (Å²) in [6.45, 7) is 3.99. The van der Waals surface area contributed by atoms with Crippen molar-refractivity contribution in [2.24, 2.45) is 5.92 Å². The Morgan fingerprint density at radius 2 is 1.93 bits per heavy atom. The van der Waals surface area contributed by atoms with Crippen molar-refractivity contribution in [1.29, 1.82) is 0 Å². The number of hydrogen-bond donors (Lipinski definition) is 2. The molecule has 0 fully saturated rings. The molecule has 1 aromatic carbocycles. The van der Waals surface area contributed by atoms with E-state index < -0.39 is 10.0 Å². The van der Waals surface area contributed by atoms with Gasteiger partial charge >= 0.3 is 0 Å². The minimum atomic E-state index is -3.63. The van der Waals surface area contributed by atoms with Gasteiger partial charge in [0.2, 0.25) is 0 Å². The van der Waals surface area contributed by atoms with Crippen molar-refractivity contribution in [3.05, 3.63) is 76.5 Å². The Kier molecular flexibility index (Phi) is 5.50. The van der Waals surface area contributed by atoms with Gasteiger partial charge in [0, 0.05) is 29.7 Å². The van der Waals surface area contributed by atoms with Crippen molar-refractivity contribution in [3.8, 4) is 0 Å². The Morgan fingerprint density at radius 1 is 1.17 bits per heavy atom. The van der Waals surface area contributed by atoms with Gasteiger partial charge in [0.15, 0.2) is 0 Å². The number of thiocarbonyl (C=S) groups is 1. The molecule has 152 valence electrons. The first-order valence-corrected chi connectivity index (χ1v) is 12.2. The maximum atomic E-state index is 12.9. The zero-order valence-corrected chi connectivity index (χ0v) is 18.5. The van der Waals surface area contributed by atoms with E-state index in [0.717, 1.165) is 16.8 Å². The van der Waals surface area contributed by atoms with Crippen LogP contribution in [-0.4, -0.2) is 19.7 Å². The lowest BCUT2D eigenvalue weighted by Crippen LogP contribution is -2.35. The fourth-order valence-electron chi connectivity index (χ4n) is 3.89. The summed E-state index contributed by atoms with van der Waals surface area (Å²) < 4.78 is 34.6. The smallest absolute Gasteiger partial charge is 0.271 e. The fourth-order valence-corrected chi connectivity index (χ4v) is 6.32. The molecule has 0 amide bonds. The van der Waals surface area contributed by atoms with Crippen LogP contribution in [0.15, 0.2) is 75.1 Å². The summed E-state index contributed by atoms with van der Waals surface area (Å²) in [6.07, 6.45) is 2.48. The summed E-state index contributed by atoms with van der Waals surface area (Å²) >= 11 is 6.56. The van der Waals surface area contributed by atoms with Gasteiger partial charge in [-0.3, -0.25) is 4.72 Å². The molecule has 5 nitrogen and oxygen atoms in total. The fraction of sp³-hybridized carbons (Fsp3) is 0.286. The van der Waals surface area contributed by atoms with Crippen molar-refractivity contribution in [3.63, 3.8) is 0 Å². The molecule has 0 bridgehead atoms. The third kappa shape index (κ3) is 4.10. The minimum absolute atomic E-state index is 0.0657. The van der Waals surface area contributed by atoms with Gasteiger partial charge in [-0.05, 0) is 47.8 Å². The summed E-state index contributed by atoms with van der Waals surface area (Å²) in [6, 6.07) is 13.4. The van der Waals surface area contributed by atoms with Crippen LogP contribution in [0.2, 0.25) is 0 Å². The molecule has 3 unspecified atom stereocenters. The van der Waals surface area contributed by atoms with E-state index in [4.69, 9.17) is 17.0 Å². The molecule has 4 rings (SSSR count). The quantitative estimate of drug-likeness (QED) is 0.686. The van der Waals surface area contributed by atoms with Crippen LogP contribution < -0.4 is 10.0 Å². The van der Waals surface area contributed by atoms with Crippen LogP contribution in [0, 0.1) is 5.92 Å². The molecule has 29 heavy (non-hydrogen) atoms. The second-order valence-corrected chi connectivity index (χ2v) is 10.5. The zero-order chi connectivity index (χ0) is 20.6. The standard InChI is InChI=1S/C21H22N2O3S3/c1-13-11-16-12-17(23-29(24,25)18-9-6-10-28-18)14(2)19(15-7-4-3-5-8-15)20(16)22-21(27)26-13/h3-10,12-14,19,23H,11H2,1-2H3,(H,22,27). The highest BCUT2D eigenvalue weighted by atomic mass is 32.2. The number of allylic oxidation sites excluding steroid dienone is 3. The summed E-state index contributed by atoms with van der Waals surface area (Å²) in [5.41, 5.74) is 3.76. The maximum Gasteiger partial charge on any atom is 0.271 e. The molecule has 8 heteroatoms. The second-order valence-electron chi connectivity index (χ2n) is 7.30. The van der Waals surface area contributed by atoms with E-state index in [0.29, 0.717) is 21.5 Å². The summed E-state index contributed by atoms with van der Waals surface area (Å²) in [5, 5.41) is 5.38. The predicted octanol–water partition coefficient (Wildman–Crippen LogP) is 4.28. The van der Waals surface area contributed by atoms with Gasteiger partial charge in [0.1, 0.15) is 10.3 Å². The molecule has 2 N–H and O–H groups in total. The highest BCUT2D eigenvalue weighted by Crippen LogP contribution is 2.42. The summed E-state index contributed by atoms with van der Waals surface area (Å²) in [7, 11) is -3.63. The lowest BCUT2D eigenvalue weighted by atomic mass is 9.76. The average Bonchev–Trinajstić information content (AvgIpc) is 3.17. The van der Waals surface area contributed by atoms with Gasteiger partial charge in [-0.2, -0.15) is 0 Å². The minimum Gasteiger partial charge on any atom is -0.467 e. The molecule has 2 heterocycles. The second kappa shape index (κ2) is 7.93. The molecule has 1 aliphatic carbocycles. The van der Waals surface area contributed by atoms with Gasteiger partial charge in [-0.25, -0.2) is 8.42 Å². The SMILES string of the molecule is CC1CC2=C(NC(=S)O1)C(c1ccccc1)C(C)C(NS(=O)(=O)c1cccs1)=C2. The Morgan fingerprint density at radius 3 is 2.62 bits per heavy atom. The van der Waals surface area contributed by atoms with Crippen molar-refractivity contribution in [2.75, 3.05) is 0 Å². The first kappa shape index (κ1) is 20.1. The molecule has 0 spiro atoms. The molecule has 2 aliphatic rings. The molecular formula is C21H22N2O3S3. The van der Waals surface area contributed by atoms with Crippen LogP contribution in [0.25, 0.3) is 0 Å². The van der Waals surface area contributed by atoms with E-state index in [2.05, 4.69) is 22.2 Å². The maximum absolute atomic E-state index is 12.9. The lowest BCUT2D eigenvalue weighted by Gasteiger charge is -2.34. The number of sulfonamides is 1. The van der Waals surface area contributed by atoms with Crippen LogP contribution in [0.4, 0.5) is 0 Å². The molecule has 0 saturated heterocycles. The number of rotatable bonds is 4. The molecule has 1 aliphatic heterocycles. The van der Waals surface area contributed by atoms with Gasteiger partial charge in [-0.1, -0.05) is 43.3 Å². The highest BCUT2D eigenvalue weighted by Gasteiger charge is 2.36. The first-order valence-electron chi connectivity index (χ1n) is 9.38. The Hall–Kier alpha value is -2.16. The predicted molar refractivity (Wildman–Crippen MR) is 119 cm³/mol. The van der Waals surface area contributed by atoms with E-state index in [-0.39, 0.29) is 17.9 Å². The van der Waals surface area contributed by atoms with Crippen molar-refractivity contribution in [1.82, 2.24) is 10.0 Å². The molecule has 0 radical (unpaired) electrons. The highest BCUT2D eigenvalue weighted by molar-refractivity contribution is 7.91. The van der Waals surface area contributed by atoms with Crippen molar-refractivity contribution in [2.45, 2.75) is 36.5 Å². The van der Waals surface area contributed by atoms with Crippen LogP contribution in [0.5, 0.6) is 0 Å². The Labute approximate surface area is 180 Å². The molecular weight excluding hydrogens is 424 g/mol. The third-order valence-corrected chi connectivity index (χ3v) is 8.18. The van der Waals surface area contributed by atoms with E-state index in [1.807, 2.05) is 38.1 Å². The number of ether oxygens (including phenoxy) is 1. The van der Waals surface area contributed by atoms with E-state index in [1.165, 1.54) is 11.3 Å². The first-order chi connectivity index (χ1) is 13.8. The molecule has 2 aromatic rings. The number of thiophene rings is 1. The van der Waals surface area contributed by atoms with E-state index in [9.17, 15) is 8.42 Å². The van der Waals surface area contributed by atoms with Gasteiger partial charge in [-0.15, -0.1) is 11.3 Å². The van der Waals surface area contributed by atoms with Crippen LogP contribution in [0.3, 0.4) is 0 Å². The van der Waals surface area contributed by atoms with Crippen molar-refractivity contribution >= 4 is 38.8 Å². The van der Waals surface area contributed by atoms with E-state index >= 15 is 0 Å². The Balaban J connectivity index is 1.79. The molecule has 1 aromatic heterocycles.